The van der Waals surface area contributed by atoms with Crippen LogP contribution in [0.25, 0.3) is 0 Å². The van der Waals surface area contributed by atoms with Crippen LogP contribution in [0.2, 0.25) is 0 Å². The Kier molecular flexibility index (Phi) is 6.65. The first-order chi connectivity index (χ1) is 6.84. The smallest absolute Gasteiger partial charge is 0.230 e. The lowest BCUT2D eigenvalue weighted by atomic mass is 10.0. The summed E-state index contributed by atoms with van der Waals surface area (Å²) < 4.78 is 0. The normalized spacial score (nSPS) is 13.0. The molecule has 1 N–H and O–H groups in total. The molecule has 0 aliphatic carbocycles. The number of thioether (sulfide) groups is 1. The fraction of sp³-hybridized carbons (Fsp3) is 0.818. The second-order valence-electron chi connectivity index (χ2n) is 4.26. The predicted octanol–water partition coefficient (Wildman–Crippen LogP) is 1.86. The molecule has 1 unspecified atom stereocenters. The molecule has 15 heavy (non-hydrogen) atoms. The van der Waals surface area contributed by atoms with Crippen LogP contribution in [-0.4, -0.2) is 28.7 Å². The highest BCUT2D eigenvalue weighted by molar-refractivity contribution is 8.00. The predicted molar refractivity (Wildman–Crippen MR) is 65.0 cm³/mol. The van der Waals surface area contributed by atoms with Crippen molar-refractivity contribution in [1.82, 2.24) is 5.32 Å². The van der Waals surface area contributed by atoms with E-state index in [9.17, 15) is 9.59 Å². The molecule has 0 heterocycles. The molecule has 0 saturated heterocycles. The van der Waals surface area contributed by atoms with Crippen LogP contribution < -0.4 is 5.32 Å². The molecule has 0 fully saturated rings. The van der Waals surface area contributed by atoms with Gasteiger partial charge < -0.3 is 5.32 Å². The summed E-state index contributed by atoms with van der Waals surface area (Å²) in [6.45, 7) is 9.47. The first kappa shape index (κ1) is 14.5. The molecule has 3 nitrogen and oxygen atoms in total. The maximum atomic E-state index is 11.5. The van der Waals surface area contributed by atoms with E-state index in [0.717, 1.165) is 0 Å². The van der Waals surface area contributed by atoms with Crippen LogP contribution in [0.1, 0.15) is 34.6 Å². The monoisotopic (exact) mass is 231 g/mol. The molecule has 0 rings (SSSR count). The van der Waals surface area contributed by atoms with Crippen molar-refractivity contribution in [1.29, 1.82) is 0 Å². The van der Waals surface area contributed by atoms with Crippen molar-refractivity contribution in [2.24, 2.45) is 5.92 Å². The number of ketones is 1. The molecule has 0 aromatic rings. The third-order valence-corrected chi connectivity index (χ3v) is 3.06. The fourth-order valence-corrected chi connectivity index (χ4v) is 1.76. The highest BCUT2D eigenvalue weighted by atomic mass is 32.2. The van der Waals surface area contributed by atoms with Crippen LogP contribution in [0.3, 0.4) is 0 Å². The van der Waals surface area contributed by atoms with Crippen molar-refractivity contribution in [3.63, 3.8) is 0 Å². The summed E-state index contributed by atoms with van der Waals surface area (Å²) in [5.41, 5.74) is 0. The van der Waals surface area contributed by atoms with Gasteiger partial charge in [-0.3, -0.25) is 9.59 Å². The minimum absolute atomic E-state index is 0.0212. The molecule has 0 spiro atoms. The Balaban J connectivity index is 4.07. The number of carbonyl (C=O) groups is 2. The highest BCUT2D eigenvalue weighted by Gasteiger charge is 2.20. The molecule has 0 aromatic heterocycles. The maximum absolute atomic E-state index is 11.5. The summed E-state index contributed by atoms with van der Waals surface area (Å²) in [6, 6.07) is -0.342. The van der Waals surface area contributed by atoms with Crippen LogP contribution in [0.4, 0.5) is 0 Å². The minimum atomic E-state index is -0.342. The standard InChI is InChI=1S/C11H21NO2S/c1-7(2)11(9(5)13)12-10(14)6-15-8(3)4/h7-8,11H,6H2,1-5H3,(H,12,14). The van der Waals surface area contributed by atoms with E-state index in [2.05, 4.69) is 5.32 Å². The van der Waals surface area contributed by atoms with Crippen LogP contribution in [0.5, 0.6) is 0 Å². The zero-order valence-electron chi connectivity index (χ0n) is 10.2. The summed E-state index contributed by atoms with van der Waals surface area (Å²) in [7, 11) is 0. The van der Waals surface area contributed by atoms with Gasteiger partial charge in [0.25, 0.3) is 0 Å². The van der Waals surface area contributed by atoms with Crippen LogP contribution in [-0.2, 0) is 9.59 Å². The van der Waals surface area contributed by atoms with Crippen molar-refractivity contribution < 1.29 is 9.59 Å². The van der Waals surface area contributed by atoms with E-state index in [1.54, 1.807) is 11.8 Å². The average Bonchev–Trinajstić information content (AvgIpc) is 2.09. The number of amides is 1. The third kappa shape index (κ3) is 6.55. The lowest BCUT2D eigenvalue weighted by Crippen LogP contribution is -2.44. The molecule has 1 atom stereocenters. The van der Waals surface area contributed by atoms with Crippen molar-refractivity contribution in [3.8, 4) is 0 Å². The summed E-state index contributed by atoms with van der Waals surface area (Å²) in [4.78, 5) is 22.7. The van der Waals surface area contributed by atoms with Gasteiger partial charge in [0, 0.05) is 0 Å². The first-order valence-electron chi connectivity index (χ1n) is 5.26. The van der Waals surface area contributed by atoms with Gasteiger partial charge in [-0.1, -0.05) is 27.7 Å². The summed E-state index contributed by atoms with van der Waals surface area (Å²) in [5.74, 6) is 0.541. The molecule has 0 aromatic carbocycles. The van der Waals surface area contributed by atoms with Crippen molar-refractivity contribution in [2.75, 3.05) is 5.75 Å². The SMILES string of the molecule is CC(=O)C(NC(=O)CSC(C)C)C(C)C. The van der Waals surface area contributed by atoms with Crippen LogP contribution in [0.15, 0.2) is 0 Å². The average molecular weight is 231 g/mol. The molecule has 0 saturated carbocycles. The van der Waals surface area contributed by atoms with Gasteiger partial charge >= 0.3 is 0 Å². The Hall–Kier alpha value is -0.510. The number of hydrogen-bond donors (Lipinski definition) is 1. The lowest BCUT2D eigenvalue weighted by molar-refractivity contribution is -0.126. The van der Waals surface area contributed by atoms with E-state index in [-0.39, 0.29) is 23.7 Å². The van der Waals surface area contributed by atoms with Crippen LogP contribution >= 0.6 is 11.8 Å². The lowest BCUT2D eigenvalue weighted by Gasteiger charge is -2.19. The zero-order chi connectivity index (χ0) is 12.0. The molecule has 0 aliphatic rings. The van der Waals surface area contributed by atoms with E-state index in [1.807, 2.05) is 27.7 Å². The van der Waals surface area contributed by atoms with Gasteiger partial charge in [0.1, 0.15) is 0 Å². The van der Waals surface area contributed by atoms with E-state index < -0.39 is 0 Å². The fourth-order valence-electron chi connectivity index (χ4n) is 1.20. The Labute approximate surface area is 96.4 Å². The van der Waals surface area contributed by atoms with E-state index in [4.69, 9.17) is 0 Å². The third-order valence-electron chi connectivity index (χ3n) is 1.97. The number of nitrogens with one attached hydrogen (secondary N) is 1. The molecule has 0 aliphatic heterocycles. The van der Waals surface area contributed by atoms with Crippen molar-refractivity contribution >= 4 is 23.5 Å². The topological polar surface area (TPSA) is 46.2 Å². The molecule has 1 amide bonds. The molecule has 4 heteroatoms. The largest absolute Gasteiger partial charge is 0.345 e. The first-order valence-corrected chi connectivity index (χ1v) is 6.31. The zero-order valence-corrected chi connectivity index (χ0v) is 11.0. The number of carbonyl (C=O) groups excluding carboxylic acids is 2. The Morgan fingerprint density at radius 2 is 1.73 bits per heavy atom. The second kappa shape index (κ2) is 6.88. The number of rotatable bonds is 6. The second-order valence-corrected chi connectivity index (χ2v) is 5.82. The minimum Gasteiger partial charge on any atom is -0.345 e. The van der Waals surface area contributed by atoms with Gasteiger partial charge in [0.2, 0.25) is 5.91 Å². The Bertz CT molecular complexity index is 227. The maximum Gasteiger partial charge on any atom is 0.230 e. The van der Waals surface area contributed by atoms with Gasteiger partial charge in [0.15, 0.2) is 5.78 Å². The molecule has 0 radical (unpaired) electrons. The van der Waals surface area contributed by atoms with Gasteiger partial charge in [-0.15, -0.1) is 11.8 Å². The van der Waals surface area contributed by atoms with E-state index in [0.29, 0.717) is 11.0 Å². The van der Waals surface area contributed by atoms with Gasteiger partial charge in [-0.2, -0.15) is 0 Å². The summed E-state index contributed by atoms with van der Waals surface area (Å²) in [6.07, 6.45) is 0. The van der Waals surface area contributed by atoms with E-state index in [1.165, 1.54) is 6.92 Å². The van der Waals surface area contributed by atoms with Crippen molar-refractivity contribution in [3.05, 3.63) is 0 Å². The Morgan fingerprint density at radius 3 is 2.07 bits per heavy atom. The highest BCUT2D eigenvalue weighted by Crippen LogP contribution is 2.09. The molecule has 88 valence electrons. The number of Topliss-reactive ketones (excluding diaryl/α,β-unsaturated/α-hetero) is 1. The molecular weight excluding hydrogens is 210 g/mol. The molecule has 0 bridgehead atoms. The summed E-state index contributed by atoms with van der Waals surface area (Å²) >= 11 is 1.58. The van der Waals surface area contributed by atoms with E-state index >= 15 is 0 Å². The van der Waals surface area contributed by atoms with Gasteiger partial charge in [0.05, 0.1) is 11.8 Å². The van der Waals surface area contributed by atoms with Gasteiger partial charge in [-0.05, 0) is 18.1 Å². The van der Waals surface area contributed by atoms with Crippen molar-refractivity contribution in [2.45, 2.75) is 45.9 Å². The quantitative estimate of drug-likeness (QED) is 0.759. The Morgan fingerprint density at radius 1 is 1.20 bits per heavy atom. The van der Waals surface area contributed by atoms with Crippen LogP contribution in [0, 0.1) is 5.92 Å². The molecular formula is C11H21NO2S. The summed E-state index contributed by atoms with van der Waals surface area (Å²) in [5, 5.41) is 3.20. The number of hydrogen-bond acceptors (Lipinski definition) is 3. The van der Waals surface area contributed by atoms with Gasteiger partial charge in [-0.25, -0.2) is 0 Å².